The first-order valence-corrected chi connectivity index (χ1v) is 6.42. The fourth-order valence-corrected chi connectivity index (χ4v) is 2.18. The van der Waals surface area contributed by atoms with E-state index in [1.165, 1.54) is 12.1 Å². The van der Waals surface area contributed by atoms with Gasteiger partial charge in [0.15, 0.2) is 5.78 Å². The fraction of sp³-hybridized carbons (Fsp3) is 0.133. The van der Waals surface area contributed by atoms with Gasteiger partial charge in [-0.05, 0) is 24.1 Å². The molecular formula is C15H12ClNO3. The number of hydrogen-bond donors (Lipinski definition) is 0. The Morgan fingerprint density at radius 3 is 2.45 bits per heavy atom. The van der Waals surface area contributed by atoms with Gasteiger partial charge in [0.25, 0.3) is 5.69 Å². The minimum atomic E-state index is -0.934. The molecule has 0 fully saturated rings. The lowest BCUT2D eigenvalue weighted by molar-refractivity contribution is -0.385. The van der Waals surface area contributed by atoms with Crippen molar-refractivity contribution in [2.24, 2.45) is 0 Å². The topological polar surface area (TPSA) is 60.2 Å². The summed E-state index contributed by atoms with van der Waals surface area (Å²) in [7, 11) is 0. The molecule has 0 radical (unpaired) electrons. The molecule has 0 aliphatic heterocycles. The summed E-state index contributed by atoms with van der Waals surface area (Å²) < 4.78 is 0. The molecule has 2 rings (SSSR count). The molecule has 1 unspecified atom stereocenters. The van der Waals surface area contributed by atoms with Gasteiger partial charge >= 0.3 is 0 Å². The molecule has 0 aliphatic rings. The molecule has 4 nitrogen and oxygen atoms in total. The predicted octanol–water partition coefficient (Wildman–Crippen LogP) is 4.07. The van der Waals surface area contributed by atoms with Crippen molar-refractivity contribution in [1.82, 2.24) is 0 Å². The van der Waals surface area contributed by atoms with Crippen molar-refractivity contribution in [1.29, 1.82) is 0 Å². The molecule has 0 aromatic heterocycles. The van der Waals surface area contributed by atoms with Gasteiger partial charge in [-0.25, -0.2) is 0 Å². The van der Waals surface area contributed by atoms with E-state index in [2.05, 4.69) is 0 Å². The van der Waals surface area contributed by atoms with Crippen molar-refractivity contribution in [3.63, 3.8) is 0 Å². The molecule has 2 aromatic carbocycles. The van der Waals surface area contributed by atoms with Gasteiger partial charge in [0.2, 0.25) is 0 Å². The molecule has 1 atom stereocenters. The lowest BCUT2D eigenvalue weighted by Crippen LogP contribution is -2.10. The molecule has 0 saturated heterocycles. The number of rotatable bonds is 4. The van der Waals surface area contributed by atoms with E-state index < -0.39 is 16.1 Å². The Balaban J connectivity index is 2.43. The van der Waals surface area contributed by atoms with Gasteiger partial charge in [-0.2, -0.15) is 0 Å². The van der Waals surface area contributed by atoms with Crippen LogP contribution in [0.4, 0.5) is 5.69 Å². The van der Waals surface area contributed by atoms with Gasteiger partial charge in [0.1, 0.15) is 5.38 Å². The molecule has 5 heteroatoms. The van der Waals surface area contributed by atoms with E-state index >= 15 is 0 Å². The highest BCUT2D eigenvalue weighted by atomic mass is 35.5. The van der Waals surface area contributed by atoms with E-state index in [0.29, 0.717) is 5.56 Å². The lowest BCUT2D eigenvalue weighted by Gasteiger charge is -2.09. The van der Waals surface area contributed by atoms with Gasteiger partial charge in [0, 0.05) is 6.07 Å². The number of carbonyl (C=O) groups is 1. The summed E-state index contributed by atoms with van der Waals surface area (Å²) in [6.07, 6.45) is 0. The molecule has 0 spiro atoms. The Bertz CT molecular complexity index is 655. The highest BCUT2D eigenvalue weighted by molar-refractivity contribution is 6.34. The molecule has 20 heavy (non-hydrogen) atoms. The van der Waals surface area contributed by atoms with E-state index in [4.69, 9.17) is 11.6 Å². The zero-order valence-electron chi connectivity index (χ0n) is 10.7. The van der Waals surface area contributed by atoms with Crippen LogP contribution >= 0.6 is 11.6 Å². The molecule has 0 saturated carbocycles. The van der Waals surface area contributed by atoms with Crippen LogP contribution in [0.25, 0.3) is 0 Å². The third-order valence-corrected chi connectivity index (χ3v) is 3.39. The second-order valence-electron chi connectivity index (χ2n) is 4.42. The third-order valence-electron chi connectivity index (χ3n) is 2.94. The predicted molar refractivity (Wildman–Crippen MR) is 77.2 cm³/mol. The summed E-state index contributed by atoms with van der Waals surface area (Å²) >= 11 is 6.15. The van der Waals surface area contributed by atoms with Crippen molar-refractivity contribution in [3.8, 4) is 0 Å². The first-order valence-electron chi connectivity index (χ1n) is 5.99. The number of nitro groups is 1. The zero-order valence-corrected chi connectivity index (χ0v) is 11.5. The largest absolute Gasteiger partial charge is 0.292 e. The second kappa shape index (κ2) is 5.84. The van der Waals surface area contributed by atoms with Gasteiger partial charge < -0.3 is 0 Å². The van der Waals surface area contributed by atoms with E-state index in [-0.39, 0.29) is 11.3 Å². The quantitative estimate of drug-likeness (QED) is 0.369. The number of halogens is 1. The number of alkyl halides is 1. The van der Waals surface area contributed by atoms with Crippen LogP contribution in [0.15, 0.2) is 48.5 Å². The third kappa shape index (κ3) is 2.86. The number of carbonyl (C=O) groups excluding carboxylic acids is 1. The summed E-state index contributed by atoms with van der Waals surface area (Å²) in [4.78, 5) is 22.8. The number of Topliss-reactive ketones (excluding diaryl/α,β-unsaturated/α-hetero) is 1. The standard InChI is InChI=1S/C15H12ClNO3/c1-10-7-8-13(17(19)20)12(9-10)15(18)14(16)11-5-3-2-4-6-11/h2-9,14H,1H3. The van der Waals surface area contributed by atoms with Crippen LogP contribution in [0.5, 0.6) is 0 Å². The first-order chi connectivity index (χ1) is 9.50. The molecule has 0 heterocycles. The molecule has 2 aromatic rings. The van der Waals surface area contributed by atoms with Gasteiger partial charge in [-0.3, -0.25) is 14.9 Å². The Morgan fingerprint density at radius 2 is 1.85 bits per heavy atom. The summed E-state index contributed by atoms with van der Waals surface area (Å²) in [5, 5.41) is 10.1. The van der Waals surface area contributed by atoms with Crippen molar-refractivity contribution in [2.75, 3.05) is 0 Å². The zero-order chi connectivity index (χ0) is 14.7. The first kappa shape index (κ1) is 14.2. The Morgan fingerprint density at radius 1 is 1.20 bits per heavy atom. The van der Waals surface area contributed by atoms with Crippen molar-refractivity contribution in [3.05, 3.63) is 75.3 Å². The Labute approximate surface area is 121 Å². The van der Waals surface area contributed by atoms with Gasteiger partial charge in [0.05, 0.1) is 10.5 Å². The SMILES string of the molecule is Cc1ccc([N+](=O)[O-])c(C(=O)C(Cl)c2ccccc2)c1. The summed E-state index contributed by atoms with van der Waals surface area (Å²) in [6.45, 7) is 1.77. The van der Waals surface area contributed by atoms with Crippen LogP contribution in [0.1, 0.15) is 26.9 Å². The van der Waals surface area contributed by atoms with E-state index in [1.54, 1.807) is 37.3 Å². The summed E-state index contributed by atoms with van der Waals surface area (Å²) in [6, 6.07) is 13.2. The van der Waals surface area contributed by atoms with Crippen LogP contribution in [-0.4, -0.2) is 10.7 Å². The van der Waals surface area contributed by atoms with Gasteiger partial charge in [-0.1, -0.05) is 36.4 Å². The number of benzene rings is 2. The maximum absolute atomic E-state index is 12.4. The highest BCUT2D eigenvalue weighted by Crippen LogP contribution is 2.29. The van der Waals surface area contributed by atoms with Crippen molar-refractivity contribution < 1.29 is 9.72 Å². The summed E-state index contributed by atoms with van der Waals surface area (Å²) in [5.74, 6) is -0.465. The van der Waals surface area contributed by atoms with E-state index in [0.717, 1.165) is 5.56 Å². The molecule has 0 aliphatic carbocycles. The minimum absolute atomic E-state index is 0.0406. The molecular weight excluding hydrogens is 278 g/mol. The number of ketones is 1. The normalized spacial score (nSPS) is 11.9. The van der Waals surface area contributed by atoms with E-state index in [1.807, 2.05) is 6.07 Å². The average Bonchev–Trinajstić information content (AvgIpc) is 2.46. The Hall–Kier alpha value is -2.20. The molecule has 0 amide bonds. The number of hydrogen-bond acceptors (Lipinski definition) is 3. The summed E-state index contributed by atoms with van der Waals surface area (Å²) in [5.41, 5.74) is 1.21. The van der Waals surface area contributed by atoms with Crippen LogP contribution < -0.4 is 0 Å². The van der Waals surface area contributed by atoms with Gasteiger partial charge in [-0.15, -0.1) is 11.6 Å². The van der Waals surface area contributed by atoms with Crippen LogP contribution in [0.3, 0.4) is 0 Å². The monoisotopic (exact) mass is 289 g/mol. The number of nitrogens with zero attached hydrogens (tertiary/aromatic N) is 1. The minimum Gasteiger partial charge on any atom is -0.292 e. The van der Waals surface area contributed by atoms with Crippen LogP contribution in [0, 0.1) is 17.0 Å². The molecule has 102 valence electrons. The number of nitro benzene ring substituents is 1. The van der Waals surface area contributed by atoms with Crippen LogP contribution in [-0.2, 0) is 0 Å². The molecule has 0 N–H and O–H groups in total. The smallest absolute Gasteiger partial charge is 0.280 e. The van der Waals surface area contributed by atoms with Crippen LogP contribution in [0.2, 0.25) is 0 Å². The highest BCUT2D eigenvalue weighted by Gasteiger charge is 2.26. The average molecular weight is 290 g/mol. The Kier molecular flexibility index (Phi) is 4.15. The van der Waals surface area contributed by atoms with Crippen molar-refractivity contribution >= 4 is 23.1 Å². The maximum Gasteiger partial charge on any atom is 0.280 e. The fourth-order valence-electron chi connectivity index (χ4n) is 1.92. The number of aryl methyl sites for hydroxylation is 1. The lowest BCUT2D eigenvalue weighted by atomic mass is 9.99. The maximum atomic E-state index is 12.4. The van der Waals surface area contributed by atoms with Crippen molar-refractivity contribution in [2.45, 2.75) is 12.3 Å². The second-order valence-corrected chi connectivity index (χ2v) is 4.85. The van der Waals surface area contributed by atoms with E-state index in [9.17, 15) is 14.9 Å². The molecule has 0 bridgehead atoms.